The lowest BCUT2D eigenvalue weighted by Crippen LogP contribution is -2.29. The van der Waals surface area contributed by atoms with Gasteiger partial charge in [0, 0.05) is 24.5 Å². The van der Waals surface area contributed by atoms with Gasteiger partial charge in [-0.1, -0.05) is 30.3 Å². The second-order valence-corrected chi connectivity index (χ2v) is 5.32. The molecule has 1 nitrogen and oxygen atoms in total. The molecule has 0 amide bonds. The first-order valence-corrected chi connectivity index (χ1v) is 6.61. The number of thiophene rings is 1. The van der Waals surface area contributed by atoms with Crippen molar-refractivity contribution in [1.82, 2.24) is 4.90 Å². The summed E-state index contributed by atoms with van der Waals surface area (Å²) in [7, 11) is 0. The Kier molecular flexibility index (Phi) is 4.21. The lowest BCUT2D eigenvalue weighted by molar-refractivity contribution is 0.247. The number of hydrogen-bond donors (Lipinski definition) is 0. The molecule has 90 valence electrons. The quantitative estimate of drug-likeness (QED) is 0.800. The fourth-order valence-corrected chi connectivity index (χ4v) is 3.17. The van der Waals surface area contributed by atoms with Crippen molar-refractivity contribution < 1.29 is 0 Å². The molecule has 3 heteroatoms. The molecule has 2 heterocycles. The number of fused-ring (bicyclic) bond motifs is 1. The van der Waals surface area contributed by atoms with Gasteiger partial charge in [-0.3, -0.25) is 4.90 Å². The zero-order chi connectivity index (χ0) is 10.8. The molecule has 0 saturated heterocycles. The largest absolute Gasteiger partial charge is 0.294 e. The van der Waals surface area contributed by atoms with Crippen molar-refractivity contribution >= 4 is 23.7 Å². The summed E-state index contributed by atoms with van der Waals surface area (Å²) in [4.78, 5) is 4.12. The van der Waals surface area contributed by atoms with Crippen molar-refractivity contribution in [2.45, 2.75) is 19.5 Å². The first-order valence-electron chi connectivity index (χ1n) is 5.73. The Labute approximate surface area is 112 Å². The van der Waals surface area contributed by atoms with Crippen LogP contribution < -0.4 is 0 Å². The highest BCUT2D eigenvalue weighted by molar-refractivity contribution is 7.10. The van der Waals surface area contributed by atoms with Gasteiger partial charge in [-0.15, -0.1) is 23.7 Å². The molecule has 0 spiro atoms. The summed E-state index contributed by atoms with van der Waals surface area (Å²) in [6.07, 6.45) is 1.22. The first kappa shape index (κ1) is 12.6. The van der Waals surface area contributed by atoms with E-state index in [2.05, 4.69) is 46.7 Å². The topological polar surface area (TPSA) is 3.24 Å². The molecule has 2 aromatic rings. The van der Waals surface area contributed by atoms with Crippen molar-refractivity contribution in [3.05, 3.63) is 57.8 Å². The van der Waals surface area contributed by atoms with Gasteiger partial charge in [-0.2, -0.15) is 0 Å². The van der Waals surface area contributed by atoms with Crippen LogP contribution in [-0.2, 0) is 19.5 Å². The van der Waals surface area contributed by atoms with Crippen LogP contribution in [0, 0.1) is 0 Å². The Balaban J connectivity index is 0.00000108. The van der Waals surface area contributed by atoms with Gasteiger partial charge in [0.25, 0.3) is 0 Å². The Hall–Kier alpha value is -0.830. The van der Waals surface area contributed by atoms with Gasteiger partial charge >= 0.3 is 0 Å². The molecule has 0 unspecified atom stereocenters. The number of halogens is 1. The normalized spacial score (nSPS) is 15.1. The van der Waals surface area contributed by atoms with Gasteiger partial charge in [0.05, 0.1) is 0 Å². The molecule has 0 atom stereocenters. The number of hydrogen-bond acceptors (Lipinski definition) is 2. The zero-order valence-corrected chi connectivity index (χ0v) is 11.3. The van der Waals surface area contributed by atoms with Crippen molar-refractivity contribution in [2.75, 3.05) is 6.54 Å². The van der Waals surface area contributed by atoms with E-state index in [9.17, 15) is 0 Å². The number of rotatable bonds is 2. The Morgan fingerprint density at radius 3 is 2.76 bits per heavy atom. The van der Waals surface area contributed by atoms with Crippen molar-refractivity contribution in [3.8, 4) is 0 Å². The maximum Gasteiger partial charge on any atom is 0.0248 e. The molecule has 0 N–H and O–H groups in total. The molecule has 0 bridgehead atoms. The second-order valence-electron chi connectivity index (χ2n) is 4.32. The van der Waals surface area contributed by atoms with E-state index < -0.39 is 0 Å². The van der Waals surface area contributed by atoms with Crippen molar-refractivity contribution in [2.24, 2.45) is 0 Å². The van der Waals surface area contributed by atoms with Crippen LogP contribution >= 0.6 is 23.7 Å². The summed E-state index contributed by atoms with van der Waals surface area (Å²) in [5, 5.41) is 2.22. The summed E-state index contributed by atoms with van der Waals surface area (Å²) in [5.74, 6) is 0. The smallest absolute Gasteiger partial charge is 0.0248 e. The van der Waals surface area contributed by atoms with Crippen LogP contribution in [-0.4, -0.2) is 11.4 Å². The Morgan fingerprint density at radius 1 is 1.12 bits per heavy atom. The van der Waals surface area contributed by atoms with Crippen LogP contribution in [0.2, 0.25) is 0 Å². The third kappa shape index (κ3) is 2.89. The zero-order valence-electron chi connectivity index (χ0n) is 9.63. The summed E-state index contributed by atoms with van der Waals surface area (Å²) < 4.78 is 0. The first-order chi connectivity index (χ1) is 7.92. The van der Waals surface area contributed by atoms with E-state index in [4.69, 9.17) is 0 Å². The van der Waals surface area contributed by atoms with Gasteiger partial charge in [0.15, 0.2) is 0 Å². The van der Waals surface area contributed by atoms with E-state index in [0.29, 0.717) is 0 Å². The average molecular weight is 266 g/mol. The minimum absolute atomic E-state index is 0. The van der Waals surface area contributed by atoms with E-state index in [1.807, 2.05) is 11.3 Å². The van der Waals surface area contributed by atoms with Crippen LogP contribution in [0.25, 0.3) is 0 Å². The van der Waals surface area contributed by atoms with Crippen molar-refractivity contribution in [1.29, 1.82) is 0 Å². The predicted molar refractivity (Wildman–Crippen MR) is 75.8 cm³/mol. The van der Waals surface area contributed by atoms with E-state index in [1.54, 1.807) is 4.88 Å². The van der Waals surface area contributed by atoms with Gasteiger partial charge in [0.2, 0.25) is 0 Å². The lowest BCUT2D eigenvalue weighted by atomic mass is 10.1. The monoisotopic (exact) mass is 265 g/mol. The fraction of sp³-hybridized carbons (Fsp3) is 0.286. The molecular formula is C14H16ClNS. The second kappa shape index (κ2) is 5.67. The van der Waals surface area contributed by atoms with Gasteiger partial charge < -0.3 is 0 Å². The number of benzene rings is 1. The van der Waals surface area contributed by atoms with Crippen LogP contribution in [0.1, 0.15) is 16.0 Å². The molecule has 0 radical (unpaired) electrons. The SMILES string of the molecule is Cl.c1ccc(CN2CCc3sccc3C2)cc1. The molecular weight excluding hydrogens is 250 g/mol. The molecule has 1 aromatic carbocycles. The highest BCUT2D eigenvalue weighted by atomic mass is 35.5. The fourth-order valence-electron chi connectivity index (χ4n) is 2.28. The maximum absolute atomic E-state index is 2.53. The lowest BCUT2D eigenvalue weighted by Gasteiger charge is -2.26. The third-order valence-electron chi connectivity index (χ3n) is 3.14. The molecule has 0 saturated carbocycles. The molecule has 0 aliphatic carbocycles. The Morgan fingerprint density at radius 2 is 1.94 bits per heavy atom. The predicted octanol–water partition coefficient (Wildman–Crippen LogP) is 3.73. The van der Waals surface area contributed by atoms with Gasteiger partial charge in [0.1, 0.15) is 0 Å². The van der Waals surface area contributed by atoms with Crippen LogP contribution in [0.3, 0.4) is 0 Å². The van der Waals surface area contributed by atoms with Gasteiger partial charge in [-0.05, 0) is 29.0 Å². The molecule has 1 aromatic heterocycles. The Bertz CT molecular complexity index is 466. The summed E-state index contributed by atoms with van der Waals surface area (Å²) in [6, 6.07) is 13.0. The third-order valence-corrected chi connectivity index (χ3v) is 4.16. The summed E-state index contributed by atoms with van der Waals surface area (Å²) >= 11 is 1.91. The maximum atomic E-state index is 2.53. The number of nitrogens with zero attached hydrogens (tertiary/aromatic N) is 1. The molecule has 0 fully saturated rings. The summed E-state index contributed by atoms with van der Waals surface area (Å²) in [5.41, 5.74) is 2.95. The highest BCUT2D eigenvalue weighted by Crippen LogP contribution is 2.24. The van der Waals surface area contributed by atoms with Crippen molar-refractivity contribution in [3.63, 3.8) is 0 Å². The standard InChI is InChI=1S/C14H15NS.ClH/c1-2-4-12(5-3-1)10-15-8-6-14-13(11-15)7-9-16-14;/h1-5,7,9H,6,8,10-11H2;1H. The minimum Gasteiger partial charge on any atom is -0.294 e. The van der Waals surface area contributed by atoms with E-state index in [0.717, 1.165) is 13.1 Å². The van der Waals surface area contributed by atoms with Crippen LogP contribution in [0.15, 0.2) is 41.8 Å². The average Bonchev–Trinajstić information content (AvgIpc) is 2.77. The summed E-state index contributed by atoms with van der Waals surface area (Å²) in [6.45, 7) is 3.40. The van der Waals surface area contributed by atoms with Gasteiger partial charge in [-0.25, -0.2) is 0 Å². The molecule has 3 rings (SSSR count). The van der Waals surface area contributed by atoms with E-state index in [-0.39, 0.29) is 12.4 Å². The van der Waals surface area contributed by atoms with E-state index in [1.165, 1.54) is 24.1 Å². The van der Waals surface area contributed by atoms with Crippen LogP contribution in [0.5, 0.6) is 0 Å². The van der Waals surface area contributed by atoms with E-state index >= 15 is 0 Å². The highest BCUT2D eigenvalue weighted by Gasteiger charge is 2.16. The molecule has 1 aliphatic heterocycles. The minimum atomic E-state index is 0. The molecule has 17 heavy (non-hydrogen) atoms. The van der Waals surface area contributed by atoms with Crippen LogP contribution in [0.4, 0.5) is 0 Å². The molecule has 1 aliphatic rings.